The Morgan fingerprint density at radius 1 is 1.27 bits per heavy atom. The number of alkyl halides is 3. The molecule has 0 aromatic heterocycles. The zero-order chi connectivity index (χ0) is 11.1. The van der Waals surface area contributed by atoms with Crippen molar-refractivity contribution in [1.29, 1.82) is 0 Å². The number of benzene rings is 1. The zero-order valence-electron chi connectivity index (χ0n) is 8.27. The largest absolute Gasteiger partial charge is 0.421 e. The average molecular weight is 216 g/mol. The van der Waals surface area contributed by atoms with Crippen LogP contribution in [0.25, 0.3) is 0 Å². The van der Waals surface area contributed by atoms with Gasteiger partial charge in [0.25, 0.3) is 0 Å². The van der Waals surface area contributed by atoms with Gasteiger partial charge in [-0.3, -0.25) is 0 Å². The maximum absolute atomic E-state index is 12.9. The number of halogens is 3. The molecule has 0 aliphatic carbocycles. The van der Waals surface area contributed by atoms with E-state index in [9.17, 15) is 13.2 Å². The molecule has 0 N–H and O–H groups in total. The minimum atomic E-state index is -4.37. The molecule has 1 heterocycles. The molecule has 1 aliphatic heterocycles. The molecular formula is C11H11F3O. The Labute approximate surface area is 85.9 Å². The van der Waals surface area contributed by atoms with Gasteiger partial charge in [0, 0.05) is 0 Å². The zero-order valence-corrected chi connectivity index (χ0v) is 8.27. The number of hydrogen-bond donors (Lipinski definition) is 0. The van der Waals surface area contributed by atoms with Gasteiger partial charge in [-0.05, 0) is 24.5 Å². The van der Waals surface area contributed by atoms with Crippen LogP contribution in [0, 0.1) is 0 Å². The number of ether oxygens (including phenoxy) is 1. The summed E-state index contributed by atoms with van der Waals surface area (Å²) in [7, 11) is 0. The highest BCUT2D eigenvalue weighted by molar-refractivity contribution is 5.35. The third-order valence-electron chi connectivity index (χ3n) is 2.83. The highest BCUT2D eigenvalue weighted by Gasteiger charge is 2.55. The Morgan fingerprint density at radius 2 is 1.93 bits per heavy atom. The third-order valence-corrected chi connectivity index (χ3v) is 2.83. The summed E-state index contributed by atoms with van der Waals surface area (Å²) >= 11 is 0. The molecule has 0 radical (unpaired) electrons. The first-order valence-corrected chi connectivity index (χ1v) is 4.74. The van der Waals surface area contributed by atoms with Gasteiger partial charge in [-0.1, -0.05) is 24.3 Å². The summed E-state index contributed by atoms with van der Waals surface area (Å²) in [5.41, 5.74) is -1.19. The van der Waals surface area contributed by atoms with E-state index in [1.165, 1.54) is 6.07 Å². The summed E-state index contributed by atoms with van der Waals surface area (Å²) in [6, 6.07) is 6.57. The second-order valence-corrected chi connectivity index (χ2v) is 3.79. The third kappa shape index (κ3) is 1.53. The lowest BCUT2D eigenvalue weighted by Gasteiger charge is -2.37. The molecule has 82 valence electrons. The van der Waals surface area contributed by atoms with E-state index in [0.29, 0.717) is 6.42 Å². The van der Waals surface area contributed by atoms with Crippen molar-refractivity contribution in [3.05, 3.63) is 35.4 Å². The van der Waals surface area contributed by atoms with E-state index in [2.05, 4.69) is 0 Å². The maximum atomic E-state index is 12.9. The molecule has 0 fully saturated rings. The highest BCUT2D eigenvalue weighted by atomic mass is 19.4. The molecule has 4 heteroatoms. The lowest BCUT2D eigenvalue weighted by molar-refractivity contribution is -0.281. The molecule has 1 atom stereocenters. The molecule has 2 rings (SSSR count). The van der Waals surface area contributed by atoms with Gasteiger partial charge in [0.2, 0.25) is 0 Å². The van der Waals surface area contributed by atoms with Crippen LogP contribution >= 0.6 is 0 Å². The fraction of sp³-hybridized carbons (Fsp3) is 0.455. The van der Waals surface area contributed by atoms with Gasteiger partial charge in [-0.25, -0.2) is 0 Å². The van der Waals surface area contributed by atoms with Gasteiger partial charge < -0.3 is 4.74 Å². The van der Waals surface area contributed by atoms with Crippen LogP contribution in [-0.2, 0) is 16.8 Å². The van der Waals surface area contributed by atoms with Crippen molar-refractivity contribution in [3.63, 3.8) is 0 Å². The van der Waals surface area contributed by atoms with Gasteiger partial charge >= 0.3 is 6.18 Å². The van der Waals surface area contributed by atoms with Gasteiger partial charge in [-0.2, -0.15) is 13.2 Å². The first kappa shape index (κ1) is 10.5. The smallest absolute Gasteiger partial charge is 0.361 e. The lowest BCUT2D eigenvalue weighted by atomic mass is 9.87. The molecular weight excluding hydrogens is 205 g/mol. The quantitative estimate of drug-likeness (QED) is 0.647. The summed E-state index contributed by atoms with van der Waals surface area (Å²) in [4.78, 5) is 0. The summed E-state index contributed by atoms with van der Waals surface area (Å²) in [6.07, 6.45) is -3.83. The Morgan fingerprint density at radius 3 is 2.60 bits per heavy atom. The van der Waals surface area contributed by atoms with Crippen molar-refractivity contribution >= 4 is 0 Å². The second kappa shape index (κ2) is 3.23. The fourth-order valence-corrected chi connectivity index (χ4v) is 1.88. The maximum Gasteiger partial charge on any atom is 0.421 e. The normalized spacial score (nSPS) is 26.1. The number of rotatable bonds is 0. The van der Waals surface area contributed by atoms with Crippen LogP contribution in [0.2, 0.25) is 0 Å². The van der Waals surface area contributed by atoms with Crippen LogP contribution in [0.1, 0.15) is 18.1 Å². The molecule has 1 aromatic rings. The van der Waals surface area contributed by atoms with E-state index in [1.807, 2.05) is 0 Å². The lowest BCUT2D eigenvalue weighted by Crippen LogP contribution is -2.45. The highest BCUT2D eigenvalue weighted by Crippen LogP contribution is 2.45. The average Bonchev–Trinajstić information content (AvgIpc) is 2.17. The Kier molecular flexibility index (Phi) is 2.26. The summed E-state index contributed by atoms with van der Waals surface area (Å²) in [6.45, 7) is 1.21. The molecule has 1 unspecified atom stereocenters. The van der Waals surface area contributed by atoms with Crippen LogP contribution in [0.3, 0.4) is 0 Å². The van der Waals surface area contributed by atoms with Crippen molar-refractivity contribution in [3.8, 4) is 0 Å². The Balaban J connectivity index is 2.55. The molecule has 0 spiro atoms. The van der Waals surface area contributed by atoms with E-state index in [0.717, 1.165) is 12.5 Å². The van der Waals surface area contributed by atoms with Gasteiger partial charge in [0.05, 0.1) is 6.61 Å². The Bertz CT molecular complexity index is 372. The van der Waals surface area contributed by atoms with Crippen LogP contribution in [0.5, 0.6) is 0 Å². The second-order valence-electron chi connectivity index (χ2n) is 3.79. The molecule has 0 saturated carbocycles. The molecule has 0 bridgehead atoms. The van der Waals surface area contributed by atoms with E-state index in [-0.39, 0.29) is 12.2 Å². The van der Waals surface area contributed by atoms with Crippen LogP contribution in [0.15, 0.2) is 24.3 Å². The van der Waals surface area contributed by atoms with E-state index in [4.69, 9.17) is 4.74 Å². The monoisotopic (exact) mass is 216 g/mol. The minimum Gasteiger partial charge on any atom is -0.361 e. The fourth-order valence-electron chi connectivity index (χ4n) is 1.88. The van der Waals surface area contributed by atoms with Crippen molar-refractivity contribution in [2.45, 2.75) is 25.1 Å². The van der Waals surface area contributed by atoms with Crippen molar-refractivity contribution in [1.82, 2.24) is 0 Å². The summed E-state index contributed by atoms with van der Waals surface area (Å²) in [5, 5.41) is 0. The SMILES string of the molecule is CC1(C(F)(F)F)OCCc2ccccc21. The first-order valence-electron chi connectivity index (χ1n) is 4.74. The number of hydrogen-bond acceptors (Lipinski definition) is 1. The topological polar surface area (TPSA) is 9.23 Å². The van der Waals surface area contributed by atoms with Crippen molar-refractivity contribution in [2.75, 3.05) is 6.61 Å². The van der Waals surface area contributed by atoms with Gasteiger partial charge in [0.1, 0.15) is 0 Å². The predicted octanol–water partition coefficient (Wildman–Crippen LogP) is 3.04. The van der Waals surface area contributed by atoms with Gasteiger partial charge in [-0.15, -0.1) is 0 Å². The van der Waals surface area contributed by atoms with Gasteiger partial charge in [0.15, 0.2) is 5.60 Å². The first-order chi connectivity index (χ1) is 6.95. The number of fused-ring (bicyclic) bond motifs is 1. The van der Waals surface area contributed by atoms with Crippen molar-refractivity contribution in [2.24, 2.45) is 0 Å². The summed E-state index contributed by atoms with van der Waals surface area (Å²) in [5.74, 6) is 0. The van der Waals surface area contributed by atoms with E-state index in [1.54, 1.807) is 18.2 Å². The molecule has 1 aliphatic rings. The standard InChI is InChI=1S/C11H11F3O/c1-10(11(12,13)14)9-5-3-2-4-8(9)6-7-15-10/h2-5H,6-7H2,1H3. The minimum absolute atomic E-state index is 0.118. The molecule has 1 nitrogen and oxygen atoms in total. The summed E-state index contributed by atoms with van der Waals surface area (Å²) < 4.78 is 43.6. The molecule has 15 heavy (non-hydrogen) atoms. The van der Waals surface area contributed by atoms with E-state index >= 15 is 0 Å². The Hall–Kier alpha value is -1.03. The van der Waals surface area contributed by atoms with E-state index < -0.39 is 11.8 Å². The van der Waals surface area contributed by atoms with Crippen molar-refractivity contribution < 1.29 is 17.9 Å². The van der Waals surface area contributed by atoms with Crippen LogP contribution < -0.4 is 0 Å². The molecule has 0 amide bonds. The molecule has 1 aromatic carbocycles. The van der Waals surface area contributed by atoms with Crippen LogP contribution in [0.4, 0.5) is 13.2 Å². The van der Waals surface area contributed by atoms with Crippen LogP contribution in [-0.4, -0.2) is 12.8 Å². The molecule has 0 saturated heterocycles. The predicted molar refractivity (Wildman–Crippen MR) is 49.5 cm³/mol.